The highest BCUT2D eigenvalue weighted by molar-refractivity contribution is 5.93. The number of hydrogen-bond acceptors (Lipinski definition) is 4. The van der Waals surface area contributed by atoms with Crippen LogP contribution in [0.4, 0.5) is 0 Å². The highest BCUT2D eigenvalue weighted by Crippen LogP contribution is 2.53. The molecular weight excluding hydrogens is 340 g/mol. The molecular formula is C22H30N2O3. The van der Waals surface area contributed by atoms with Crippen molar-refractivity contribution in [3.05, 3.63) is 35.9 Å². The Morgan fingerprint density at radius 2 is 1.89 bits per heavy atom. The van der Waals surface area contributed by atoms with Crippen LogP contribution in [0, 0.1) is 23.7 Å². The number of benzene rings is 1. The van der Waals surface area contributed by atoms with E-state index in [9.17, 15) is 4.79 Å². The van der Waals surface area contributed by atoms with E-state index in [-0.39, 0.29) is 30.3 Å². The van der Waals surface area contributed by atoms with Crippen molar-refractivity contribution in [2.45, 2.75) is 64.4 Å². The topological polar surface area (TPSA) is 59.9 Å². The number of nitrogens with one attached hydrogen (secondary N) is 1. The summed E-state index contributed by atoms with van der Waals surface area (Å²) in [5.74, 6) is 2.03. The van der Waals surface area contributed by atoms with Crippen LogP contribution in [0.2, 0.25) is 0 Å². The Kier molecular flexibility index (Phi) is 5.22. The van der Waals surface area contributed by atoms with Crippen LogP contribution in [0.25, 0.3) is 0 Å². The first-order valence-electron chi connectivity index (χ1n) is 10.2. The molecule has 0 spiro atoms. The van der Waals surface area contributed by atoms with Crippen LogP contribution in [-0.4, -0.2) is 30.4 Å². The van der Waals surface area contributed by atoms with Crippen molar-refractivity contribution in [1.29, 1.82) is 0 Å². The molecule has 0 radical (unpaired) electrons. The Morgan fingerprint density at radius 1 is 1.15 bits per heavy atom. The zero-order chi connectivity index (χ0) is 19.0. The van der Waals surface area contributed by atoms with E-state index in [1.807, 2.05) is 25.1 Å². The molecule has 1 N–H and O–H groups in total. The maximum absolute atomic E-state index is 11.1. The molecule has 0 unspecified atom stereocenters. The van der Waals surface area contributed by atoms with Gasteiger partial charge in [0.25, 0.3) is 0 Å². The fourth-order valence-corrected chi connectivity index (χ4v) is 5.27. The molecule has 3 aliphatic rings. The highest BCUT2D eigenvalue weighted by atomic mass is 16.6. The van der Waals surface area contributed by atoms with E-state index in [0.29, 0.717) is 17.8 Å². The lowest BCUT2D eigenvalue weighted by molar-refractivity contribution is -0.111. The zero-order valence-electron chi connectivity index (χ0n) is 16.4. The zero-order valence-corrected chi connectivity index (χ0v) is 16.4. The van der Waals surface area contributed by atoms with Gasteiger partial charge in [-0.05, 0) is 49.5 Å². The number of fused-ring (bicyclic) bond motifs is 5. The largest absolute Gasteiger partial charge is 0.391 e. The van der Waals surface area contributed by atoms with Crippen molar-refractivity contribution in [2.24, 2.45) is 28.8 Å². The van der Waals surface area contributed by atoms with Gasteiger partial charge in [-0.3, -0.25) is 4.79 Å². The summed E-state index contributed by atoms with van der Waals surface area (Å²) in [6.45, 7) is 6.33. The van der Waals surface area contributed by atoms with E-state index in [4.69, 9.17) is 9.57 Å². The minimum absolute atomic E-state index is 0.111. The SMILES string of the molecule is CC(C)[C@@H](O[C@H](c1ccccc1)[C@H](C)NC=O)C1=NO[C@H]2[C@@H]3CC[C@@H](C3)[C@@H]12. The lowest BCUT2D eigenvalue weighted by Crippen LogP contribution is -2.42. The van der Waals surface area contributed by atoms with Crippen LogP contribution in [-0.2, 0) is 14.4 Å². The summed E-state index contributed by atoms with van der Waals surface area (Å²) in [6.07, 6.45) is 4.48. The lowest BCUT2D eigenvalue weighted by Gasteiger charge is -2.33. The molecule has 1 heterocycles. The minimum Gasteiger partial charge on any atom is -0.391 e. The molecule has 4 rings (SSSR count). The van der Waals surface area contributed by atoms with Gasteiger partial charge in [-0.25, -0.2) is 0 Å². The van der Waals surface area contributed by atoms with Crippen LogP contribution in [0.1, 0.15) is 51.7 Å². The van der Waals surface area contributed by atoms with Crippen molar-refractivity contribution < 1.29 is 14.4 Å². The van der Waals surface area contributed by atoms with Crippen molar-refractivity contribution in [1.82, 2.24) is 5.32 Å². The van der Waals surface area contributed by atoms with E-state index < -0.39 is 0 Å². The van der Waals surface area contributed by atoms with Gasteiger partial charge < -0.3 is 14.9 Å². The van der Waals surface area contributed by atoms with Gasteiger partial charge in [0.15, 0.2) is 0 Å². The average Bonchev–Trinajstić information content (AvgIpc) is 3.37. The summed E-state index contributed by atoms with van der Waals surface area (Å²) in [5.41, 5.74) is 2.15. The van der Waals surface area contributed by atoms with Crippen LogP contribution in [0.15, 0.2) is 35.5 Å². The fraction of sp³-hybridized carbons (Fsp3) is 0.636. The van der Waals surface area contributed by atoms with Gasteiger partial charge >= 0.3 is 0 Å². The number of carbonyl (C=O) groups excluding carboxylic acids is 1. The summed E-state index contributed by atoms with van der Waals surface area (Å²) >= 11 is 0. The smallest absolute Gasteiger partial charge is 0.207 e. The molecule has 2 fully saturated rings. The summed E-state index contributed by atoms with van der Waals surface area (Å²) in [5, 5.41) is 7.41. The van der Waals surface area contributed by atoms with Gasteiger partial charge in [-0.1, -0.05) is 49.3 Å². The number of oxime groups is 1. The third kappa shape index (κ3) is 3.38. The summed E-state index contributed by atoms with van der Waals surface area (Å²) in [4.78, 5) is 16.9. The maximum atomic E-state index is 11.1. The van der Waals surface area contributed by atoms with E-state index in [2.05, 4.69) is 36.5 Å². The maximum Gasteiger partial charge on any atom is 0.207 e. The molecule has 2 aliphatic carbocycles. The van der Waals surface area contributed by atoms with E-state index >= 15 is 0 Å². The highest BCUT2D eigenvalue weighted by Gasteiger charge is 2.56. The van der Waals surface area contributed by atoms with Crippen molar-refractivity contribution in [3.63, 3.8) is 0 Å². The number of amides is 1. The first-order chi connectivity index (χ1) is 13.1. The molecule has 146 valence electrons. The van der Waals surface area contributed by atoms with Gasteiger partial charge in [0, 0.05) is 5.92 Å². The molecule has 1 amide bonds. The number of carbonyl (C=O) groups is 1. The third-order valence-electron chi connectivity index (χ3n) is 6.56. The Labute approximate surface area is 161 Å². The standard InChI is InChI=1S/C22H30N2O3/c1-13(2)20(19-18-16-9-10-17(11-16)22(18)27-24-19)26-21(14(3)23-12-25)15-7-5-4-6-8-15/h4-8,12-14,16-18,20-22H,9-11H2,1-3H3,(H,23,25)/t14-,16-,17+,18-,20+,21-,22-/m0/s1. The number of rotatable bonds is 8. The second-order valence-corrected chi connectivity index (χ2v) is 8.65. The molecule has 1 aromatic rings. The second kappa shape index (κ2) is 7.63. The molecule has 0 saturated heterocycles. The Morgan fingerprint density at radius 3 is 2.59 bits per heavy atom. The van der Waals surface area contributed by atoms with Crippen LogP contribution < -0.4 is 5.32 Å². The van der Waals surface area contributed by atoms with E-state index in [1.54, 1.807) is 0 Å². The molecule has 1 aromatic carbocycles. The summed E-state index contributed by atoms with van der Waals surface area (Å²) < 4.78 is 6.68. The normalized spacial score (nSPS) is 31.8. The second-order valence-electron chi connectivity index (χ2n) is 8.65. The third-order valence-corrected chi connectivity index (χ3v) is 6.56. The molecule has 27 heavy (non-hydrogen) atoms. The van der Waals surface area contributed by atoms with Crippen molar-refractivity contribution in [3.8, 4) is 0 Å². The van der Waals surface area contributed by atoms with Crippen LogP contribution in [0.3, 0.4) is 0 Å². The summed E-state index contributed by atoms with van der Waals surface area (Å²) in [7, 11) is 0. The Balaban J connectivity index is 1.58. The lowest BCUT2D eigenvalue weighted by atomic mass is 9.80. The van der Waals surface area contributed by atoms with Gasteiger partial charge in [0.05, 0.1) is 11.8 Å². The first kappa shape index (κ1) is 18.5. The van der Waals surface area contributed by atoms with Gasteiger partial charge in [-0.2, -0.15) is 0 Å². The van der Waals surface area contributed by atoms with E-state index in [1.165, 1.54) is 19.3 Å². The Bertz CT molecular complexity index is 690. The van der Waals surface area contributed by atoms with Crippen LogP contribution >= 0.6 is 0 Å². The molecule has 7 atom stereocenters. The summed E-state index contributed by atoms with van der Waals surface area (Å²) in [6, 6.07) is 9.98. The predicted octanol–water partition coefficient (Wildman–Crippen LogP) is 3.70. The number of nitrogens with zero attached hydrogens (tertiary/aromatic N) is 1. The molecule has 5 heteroatoms. The predicted molar refractivity (Wildman–Crippen MR) is 104 cm³/mol. The average molecular weight is 370 g/mol. The monoisotopic (exact) mass is 370 g/mol. The molecule has 2 bridgehead atoms. The fourth-order valence-electron chi connectivity index (χ4n) is 5.27. The van der Waals surface area contributed by atoms with Gasteiger partial charge in [0.1, 0.15) is 18.3 Å². The van der Waals surface area contributed by atoms with Gasteiger partial charge in [0.2, 0.25) is 6.41 Å². The van der Waals surface area contributed by atoms with Crippen molar-refractivity contribution >= 4 is 12.1 Å². The van der Waals surface area contributed by atoms with Crippen LogP contribution in [0.5, 0.6) is 0 Å². The molecule has 1 aliphatic heterocycles. The quantitative estimate of drug-likeness (QED) is 0.710. The minimum atomic E-state index is -0.232. The number of hydrogen-bond donors (Lipinski definition) is 1. The van der Waals surface area contributed by atoms with Gasteiger partial charge in [-0.15, -0.1) is 0 Å². The molecule has 2 saturated carbocycles. The molecule has 0 aromatic heterocycles. The Hall–Kier alpha value is -1.88. The first-order valence-corrected chi connectivity index (χ1v) is 10.2. The number of ether oxygens (including phenoxy) is 1. The molecule has 5 nitrogen and oxygen atoms in total. The van der Waals surface area contributed by atoms with E-state index in [0.717, 1.165) is 17.7 Å². The van der Waals surface area contributed by atoms with Crippen molar-refractivity contribution in [2.75, 3.05) is 0 Å².